The number of fused-ring (bicyclic) bond motifs is 1. The minimum absolute atomic E-state index is 0.292. The number of benzene rings is 2. The molecule has 0 spiro atoms. The highest BCUT2D eigenvalue weighted by atomic mass is 16.5. The third-order valence-electron chi connectivity index (χ3n) is 4.76. The molecular weight excluding hydrogens is 314 g/mol. The molecule has 25 heavy (non-hydrogen) atoms. The minimum atomic E-state index is -0.895. The van der Waals surface area contributed by atoms with E-state index < -0.39 is 5.54 Å². The number of carbonyl (C=O) groups excluding carboxylic acids is 1. The van der Waals surface area contributed by atoms with Gasteiger partial charge in [0.15, 0.2) is 0 Å². The van der Waals surface area contributed by atoms with Gasteiger partial charge in [0.1, 0.15) is 11.4 Å². The van der Waals surface area contributed by atoms with E-state index >= 15 is 0 Å². The molecule has 0 unspecified atom stereocenters. The first-order chi connectivity index (χ1) is 12.1. The summed E-state index contributed by atoms with van der Waals surface area (Å²) in [5.74, 6) is 0.582. The quantitative estimate of drug-likeness (QED) is 0.702. The lowest BCUT2D eigenvalue weighted by Gasteiger charge is -2.31. The number of ether oxygens (including phenoxy) is 1. The number of aromatic nitrogens is 2. The summed E-state index contributed by atoms with van der Waals surface area (Å²) < 4.78 is 7.16. The molecule has 5 heteroatoms. The molecule has 0 aliphatic rings. The average Bonchev–Trinajstić information content (AvgIpc) is 2.99. The number of carbonyl (C=O) groups is 1. The summed E-state index contributed by atoms with van der Waals surface area (Å²) in [4.78, 5) is 17.3. The zero-order valence-electron chi connectivity index (χ0n) is 14.8. The van der Waals surface area contributed by atoms with Gasteiger partial charge in [0.25, 0.3) is 0 Å². The Kier molecular flexibility index (Phi) is 4.86. The zero-order chi connectivity index (χ0) is 17.9. The highest BCUT2D eigenvalue weighted by Gasteiger charge is 2.39. The van der Waals surface area contributed by atoms with E-state index in [4.69, 9.17) is 4.74 Å². The van der Waals surface area contributed by atoms with Gasteiger partial charge in [-0.25, -0.2) is 9.78 Å². The molecule has 1 N–H and O–H groups in total. The van der Waals surface area contributed by atoms with Crippen molar-refractivity contribution < 1.29 is 9.53 Å². The van der Waals surface area contributed by atoms with Gasteiger partial charge in [-0.1, -0.05) is 49.4 Å². The van der Waals surface area contributed by atoms with E-state index in [-0.39, 0.29) is 5.97 Å². The van der Waals surface area contributed by atoms with Crippen molar-refractivity contribution >= 4 is 17.0 Å². The summed E-state index contributed by atoms with van der Waals surface area (Å²) in [6.45, 7) is 2.44. The molecule has 130 valence electrons. The van der Waals surface area contributed by atoms with E-state index in [1.807, 2.05) is 73.1 Å². The van der Waals surface area contributed by atoms with Crippen LogP contribution in [0.4, 0.5) is 0 Å². The van der Waals surface area contributed by atoms with Crippen molar-refractivity contribution in [3.8, 4) is 0 Å². The Bertz CT molecular complexity index is 873. The molecule has 0 saturated carbocycles. The largest absolute Gasteiger partial charge is 0.467 e. The van der Waals surface area contributed by atoms with Crippen LogP contribution in [-0.4, -0.2) is 22.6 Å². The van der Waals surface area contributed by atoms with Crippen molar-refractivity contribution in [3.05, 3.63) is 66.0 Å². The molecule has 1 aromatic heterocycles. The Morgan fingerprint density at radius 2 is 1.84 bits per heavy atom. The van der Waals surface area contributed by atoms with Gasteiger partial charge < -0.3 is 9.30 Å². The second-order valence-corrected chi connectivity index (χ2v) is 6.05. The van der Waals surface area contributed by atoms with Crippen LogP contribution in [0.5, 0.6) is 0 Å². The van der Waals surface area contributed by atoms with E-state index in [2.05, 4.69) is 10.3 Å². The lowest BCUT2D eigenvalue weighted by atomic mass is 9.87. The zero-order valence-corrected chi connectivity index (χ0v) is 14.8. The molecule has 5 nitrogen and oxygen atoms in total. The molecule has 0 aliphatic heterocycles. The fourth-order valence-electron chi connectivity index (χ4n) is 3.25. The van der Waals surface area contributed by atoms with E-state index in [0.717, 1.165) is 22.4 Å². The van der Waals surface area contributed by atoms with Crippen molar-refractivity contribution in [2.75, 3.05) is 7.11 Å². The number of imidazole rings is 1. The minimum Gasteiger partial charge on any atom is -0.467 e. The van der Waals surface area contributed by atoms with Gasteiger partial charge in [-0.05, 0) is 24.1 Å². The van der Waals surface area contributed by atoms with Crippen LogP contribution >= 0.6 is 0 Å². The maximum Gasteiger partial charge on any atom is 0.330 e. The number of para-hydroxylation sites is 2. The van der Waals surface area contributed by atoms with Crippen LogP contribution in [0.25, 0.3) is 11.0 Å². The Hall–Kier alpha value is -2.66. The van der Waals surface area contributed by atoms with Gasteiger partial charge in [-0.15, -0.1) is 0 Å². The molecule has 0 fully saturated rings. The van der Waals surface area contributed by atoms with Crippen molar-refractivity contribution in [2.45, 2.75) is 25.4 Å². The first-order valence-corrected chi connectivity index (χ1v) is 8.41. The lowest BCUT2D eigenvalue weighted by Crippen LogP contribution is -2.49. The van der Waals surface area contributed by atoms with Crippen LogP contribution < -0.4 is 5.32 Å². The summed E-state index contributed by atoms with van der Waals surface area (Å²) in [6, 6.07) is 17.7. The SMILES string of the molecule is CC[C@](NCc1nc2ccccc2n1C)(C(=O)OC)c1ccccc1. The van der Waals surface area contributed by atoms with Crippen LogP contribution in [0.2, 0.25) is 0 Å². The summed E-state index contributed by atoms with van der Waals surface area (Å²) in [5.41, 5.74) is 2.01. The number of hydrogen-bond donors (Lipinski definition) is 1. The highest BCUT2D eigenvalue weighted by Crippen LogP contribution is 2.27. The third-order valence-corrected chi connectivity index (χ3v) is 4.76. The molecule has 1 atom stereocenters. The summed E-state index contributed by atoms with van der Waals surface area (Å²) in [5, 5.41) is 3.41. The number of esters is 1. The van der Waals surface area contributed by atoms with Gasteiger partial charge in [-0.3, -0.25) is 5.32 Å². The number of nitrogens with one attached hydrogen (secondary N) is 1. The molecule has 3 aromatic rings. The number of aryl methyl sites for hydroxylation is 1. The molecule has 0 amide bonds. The van der Waals surface area contributed by atoms with Gasteiger partial charge >= 0.3 is 5.97 Å². The predicted octanol–water partition coefficient (Wildman–Crippen LogP) is 3.14. The maximum atomic E-state index is 12.6. The maximum absolute atomic E-state index is 12.6. The molecule has 3 rings (SSSR count). The number of nitrogens with zero attached hydrogens (tertiary/aromatic N) is 2. The van der Waals surface area contributed by atoms with Crippen LogP contribution in [0, 0.1) is 0 Å². The molecule has 0 aliphatic carbocycles. The fraction of sp³-hybridized carbons (Fsp3) is 0.300. The van der Waals surface area contributed by atoms with Crippen molar-refractivity contribution in [1.82, 2.24) is 14.9 Å². The predicted molar refractivity (Wildman–Crippen MR) is 98.0 cm³/mol. The van der Waals surface area contributed by atoms with Gasteiger partial charge in [0.2, 0.25) is 0 Å². The van der Waals surface area contributed by atoms with Crippen molar-refractivity contribution in [1.29, 1.82) is 0 Å². The first kappa shape index (κ1) is 17.2. The molecule has 0 bridgehead atoms. The number of methoxy groups -OCH3 is 1. The van der Waals surface area contributed by atoms with Gasteiger partial charge in [0.05, 0.1) is 24.7 Å². The second kappa shape index (κ2) is 7.07. The second-order valence-electron chi connectivity index (χ2n) is 6.05. The van der Waals surface area contributed by atoms with Crippen LogP contribution in [-0.2, 0) is 28.7 Å². The van der Waals surface area contributed by atoms with Gasteiger partial charge in [-0.2, -0.15) is 0 Å². The molecule has 2 aromatic carbocycles. The molecule has 0 saturated heterocycles. The standard InChI is InChI=1S/C20H23N3O2/c1-4-20(19(24)25-3,15-10-6-5-7-11-15)21-14-18-22-16-12-8-9-13-17(16)23(18)2/h5-13,21H,4,14H2,1-3H3/t20-/m1/s1. The van der Waals surface area contributed by atoms with E-state index in [1.165, 1.54) is 7.11 Å². The normalized spacial score (nSPS) is 13.6. The van der Waals surface area contributed by atoms with Crippen LogP contribution in [0.15, 0.2) is 54.6 Å². The van der Waals surface area contributed by atoms with Gasteiger partial charge in [0, 0.05) is 7.05 Å². The van der Waals surface area contributed by atoms with E-state index in [1.54, 1.807) is 0 Å². The Balaban J connectivity index is 1.95. The highest BCUT2D eigenvalue weighted by molar-refractivity contribution is 5.82. The Labute approximate surface area is 147 Å². The Morgan fingerprint density at radius 1 is 1.16 bits per heavy atom. The molecular formula is C20H23N3O2. The monoisotopic (exact) mass is 337 g/mol. The average molecular weight is 337 g/mol. The Morgan fingerprint density at radius 3 is 2.48 bits per heavy atom. The fourth-order valence-corrected chi connectivity index (χ4v) is 3.25. The molecule has 1 heterocycles. The third kappa shape index (κ3) is 3.03. The van der Waals surface area contributed by atoms with Crippen LogP contribution in [0.3, 0.4) is 0 Å². The summed E-state index contributed by atoms with van der Waals surface area (Å²) >= 11 is 0. The topological polar surface area (TPSA) is 56.2 Å². The smallest absolute Gasteiger partial charge is 0.330 e. The van der Waals surface area contributed by atoms with Crippen molar-refractivity contribution in [3.63, 3.8) is 0 Å². The van der Waals surface area contributed by atoms with E-state index in [9.17, 15) is 4.79 Å². The summed E-state index contributed by atoms with van der Waals surface area (Å²) in [7, 11) is 3.41. The summed E-state index contributed by atoms with van der Waals surface area (Å²) in [6.07, 6.45) is 0.577. The number of rotatable bonds is 6. The van der Waals surface area contributed by atoms with Crippen molar-refractivity contribution in [2.24, 2.45) is 7.05 Å². The van der Waals surface area contributed by atoms with E-state index in [0.29, 0.717) is 13.0 Å². The lowest BCUT2D eigenvalue weighted by molar-refractivity contribution is -0.149. The van der Waals surface area contributed by atoms with Crippen LogP contribution in [0.1, 0.15) is 24.7 Å². The number of hydrogen-bond acceptors (Lipinski definition) is 4. The first-order valence-electron chi connectivity index (χ1n) is 8.41. The molecule has 0 radical (unpaired) electrons.